The number of amides is 1. The smallest absolute Gasteiger partial charge is 0.248 e. The second-order valence-electron chi connectivity index (χ2n) is 4.18. The van der Waals surface area contributed by atoms with E-state index in [4.69, 9.17) is 5.73 Å². The number of nitrogens with one attached hydrogen (secondary N) is 1. The molecule has 0 aliphatic rings. The van der Waals surface area contributed by atoms with Crippen LogP contribution in [0.1, 0.15) is 15.9 Å². The molecule has 0 saturated carbocycles. The molecule has 0 atom stereocenters. The number of hydrogen-bond donors (Lipinski definition) is 2. The molecule has 0 saturated heterocycles. The van der Waals surface area contributed by atoms with Crippen molar-refractivity contribution in [2.75, 3.05) is 5.32 Å². The maximum atomic E-state index is 13.6. The van der Waals surface area contributed by atoms with Crippen LogP contribution in [0.25, 0.3) is 0 Å². The van der Waals surface area contributed by atoms with Crippen LogP contribution in [0, 0.1) is 17.5 Å². The zero-order valence-electron chi connectivity index (χ0n) is 10.3. The lowest BCUT2D eigenvalue weighted by Crippen LogP contribution is -2.12. The summed E-state index contributed by atoms with van der Waals surface area (Å²) >= 11 is 0. The molecule has 0 bridgehead atoms. The molecule has 104 valence electrons. The maximum absolute atomic E-state index is 13.6. The van der Waals surface area contributed by atoms with Gasteiger partial charge in [0.15, 0.2) is 0 Å². The normalized spacial score (nSPS) is 10.3. The third kappa shape index (κ3) is 3.28. The number of anilines is 1. The summed E-state index contributed by atoms with van der Waals surface area (Å²) in [6.45, 7) is -0.0319. The van der Waals surface area contributed by atoms with E-state index in [1.807, 2.05) is 0 Å². The van der Waals surface area contributed by atoms with Crippen LogP contribution >= 0.6 is 0 Å². The van der Waals surface area contributed by atoms with Gasteiger partial charge in [-0.25, -0.2) is 13.2 Å². The Morgan fingerprint density at radius 3 is 2.30 bits per heavy atom. The van der Waals surface area contributed by atoms with E-state index < -0.39 is 23.4 Å². The number of carbonyl (C=O) groups excluding carboxylic acids is 1. The Hall–Kier alpha value is -2.50. The quantitative estimate of drug-likeness (QED) is 0.904. The first-order valence-corrected chi connectivity index (χ1v) is 5.74. The highest BCUT2D eigenvalue weighted by Crippen LogP contribution is 2.16. The van der Waals surface area contributed by atoms with E-state index in [1.54, 1.807) is 0 Å². The van der Waals surface area contributed by atoms with Crippen LogP contribution in [-0.4, -0.2) is 5.91 Å². The number of benzene rings is 2. The van der Waals surface area contributed by atoms with Gasteiger partial charge in [-0.15, -0.1) is 0 Å². The van der Waals surface area contributed by atoms with E-state index in [9.17, 15) is 18.0 Å². The predicted octanol–water partition coefficient (Wildman–Crippen LogP) is 2.81. The summed E-state index contributed by atoms with van der Waals surface area (Å²) in [7, 11) is 0. The highest BCUT2D eigenvalue weighted by atomic mass is 19.1. The Kier molecular flexibility index (Phi) is 3.93. The lowest BCUT2D eigenvalue weighted by atomic mass is 10.1. The number of carbonyl (C=O) groups is 1. The lowest BCUT2D eigenvalue weighted by Gasteiger charge is -2.09. The van der Waals surface area contributed by atoms with Gasteiger partial charge in [0.05, 0.1) is 0 Å². The molecule has 0 aliphatic heterocycles. The van der Waals surface area contributed by atoms with Gasteiger partial charge in [-0.1, -0.05) is 0 Å². The molecule has 3 nitrogen and oxygen atoms in total. The molecule has 0 heterocycles. The molecular formula is C14H11F3N2O. The minimum absolute atomic E-state index is 0.0319. The SMILES string of the molecule is NC(=O)c1ccc(F)c(CNc2cc(F)cc(F)c2)c1. The van der Waals surface area contributed by atoms with E-state index in [2.05, 4.69) is 5.32 Å². The Balaban J connectivity index is 2.18. The summed E-state index contributed by atoms with van der Waals surface area (Å²) in [6.07, 6.45) is 0. The molecule has 2 aromatic carbocycles. The van der Waals surface area contributed by atoms with Crippen molar-refractivity contribution in [1.29, 1.82) is 0 Å². The maximum Gasteiger partial charge on any atom is 0.248 e. The van der Waals surface area contributed by atoms with Gasteiger partial charge in [0, 0.05) is 29.4 Å². The fraction of sp³-hybridized carbons (Fsp3) is 0.0714. The third-order valence-corrected chi connectivity index (χ3v) is 2.68. The van der Waals surface area contributed by atoms with E-state index in [0.717, 1.165) is 24.3 Å². The van der Waals surface area contributed by atoms with Gasteiger partial charge in [-0.3, -0.25) is 4.79 Å². The molecule has 3 N–H and O–H groups in total. The zero-order valence-corrected chi connectivity index (χ0v) is 10.3. The molecule has 2 rings (SSSR count). The van der Waals surface area contributed by atoms with E-state index in [0.29, 0.717) is 0 Å². The van der Waals surface area contributed by atoms with Gasteiger partial charge in [0.2, 0.25) is 5.91 Å². The zero-order chi connectivity index (χ0) is 14.7. The molecule has 1 amide bonds. The molecule has 0 unspecified atom stereocenters. The van der Waals surface area contributed by atoms with Crippen molar-refractivity contribution in [2.24, 2.45) is 5.73 Å². The van der Waals surface area contributed by atoms with Crippen LogP contribution in [0.15, 0.2) is 36.4 Å². The van der Waals surface area contributed by atoms with Gasteiger partial charge < -0.3 is 11.1 Å². The van der Waals surface area contributed by atoms with Crippen molar-refractivity contribution in [3.63, 3.8) is 0 Å². The standard InChI is InChI=1S/C14H11F3N2O/c15-10-4-11(16)6-12(5-10)19-7-9-3-8(14(18)20)1-2-13(9)17/h1-6,19H,7H2,(H2,18,20). The summed E-state index contributed by atoms with van der Waals surface area (Å²) < 4.78 is 39.5. The molecule has 6 heteroatoms. The summed E-state index contributed by atoms with van der Waals surface area (Å²) in [5.74, 6) is -2.69. The molecule has 2 aromatic rings. The molecule has 0 aliphatic carbocycles. The van der Waals surface area contributed by atoms with Gasteiger partial charge in [-0.05, 0) is 30.3 Å². The Morgan fingerprint density at radius 1 is 1.05 bits per heavy atom. The average molecular weight is 280 g/mol. The molecular weight excluding hydrogens is 269 g/mol. The Labute approximate surface area is 113 Å². The predicted molar refractivity (Wildman–Crippen MR) is 68.6 cm³/mol. The largest absolute Gasteiger partial charge is 0.381 e. The van der Waals surface area contributed by atoms with Crippen molar-refractivity contribution < 1.29 is 18.0 Å². The van der Waals surface area contributed by atoms with Crippen molar-refractivity contribution >= 4 is 11.6 Å². The van der Waals surface area contributed by atoms with Gasteiger partial charge >= 0.3 is 0 Å². The number of rotatable bonds is 4. The van der Waals surface area contributed by atoms with Crippen LogP contribution < -0.4 is 11.1 Å². The topological polar surface area (TPSA) is 55.1 Å². The number of primary amides is 1. The van der Waals surface area contributed by atoms with E-state index in [1.165, 1.54) is 12.1 Å². The van der Waals surface area contributed by atoms with Gasteiger partial charge in [-0.2, -0.15) is 0 Å². The van der Waals surface area contributed by atoms with E-state index >= 15 is 0 Å². The van der Waals surface area contributed by atoms with Crippen LogP contribution in [0.2, 0.25) is 0 Å². The number of hydrogen-bond acceptors (Lipinski definition) is 2. The van der Waals surface area contributed by atoms with Crippen LogP contribution in [0.5, 0.6) is 0 Å². The molecule has 0 fully saturated rings. The summed E-state index contributed by atoms with van der Waals surface area (Å²) in [5.41, 5.74) is 5.60. The van der Waals surface area contributed by atoms with E-state index in [-0.39, 0.29) is 23.4 Å². The molecule has 0 radical (unpaired) electrons. The lowest BCUT2D eigenvalue weighted by molar-refractivity contribution is 0.1000. The highest BCUT2D eigenvalue weighted by molar-refractivity contribution is 5.92. The highest BCUT2D eigenvalue weighted by Gasteiger charge is 2.08. The van der Waals surface area contributed by atoms with Crippen LogP contribution in [-0.2, 0) is 6.54 Å². The Bertz CT molecular complexity index is 639. The van der Waals surface area contributed by atoms with Crippen molar-refractivity contribution in [2.45, 2.75) is 6.54 Å². The van der Waals surface area contributed by atoms with Crippen molar-refractivity contribution in [3.8, 4) is 0 Å². The summed E-state index contributed by atoms with van der Waals surface area (Å²) in [5, 5.41) is 2.68. The molecule has 20 heavy (non-hydrogen) atoms. The second kappa shape index (κ2) is 5.64. The fourth-order valence-corrected chi connectivity index (χ4v) is 1.72. The minimum Gasteiger partial charge on any atom is -0.381 e. The fourth-order valence-electron chi connectivity index (χ4n) is 1.72. The van der Waals surface area contributed by atoms with Crippen LogP contribution in [0.4, 0.5) is 18.9 Å². The van der Waals surface area contributed by atoms with Crippen LogP contribution in [0.3, 0.4) is 0 Å². The minimum atomic E-state index is -0.737. The van der Waals surface area contributed by atoms with Crippen molar-refractivity contribution in [1.82, 2.24) is 0 Å². The first-order valence-electron chi connectivity index (χ1n) is 5.74. The summed E-state index contributed by atoms with van der Waals surface area (Å²) in [4.78, 5) is 11.0. The average Bonchev–Trinajstić information content (AvgIpc) is 2.36. The summed E-state index contributed by atoms with van der Waals surface area (Å²) in [6, 6.07) is 6.57. The third-order valence-electron chi connectivity index (χ3n) is 2.68. The van der Waals surface area contributed by atoms with Gasteiger partial charge in [0.25, 0.3) is 0 Å². The second-order valence-corrected chi connectivity index (χ2v) is 4.18. The molecule has 0 spiro atoms. The number of nitrogens with two attached hydrogens (primary N) is 1. The Morgan fingerprint density at radius 2 is 1.70 bits per heavy atom. The first-order chi connectivity index (χ1) is 9.45. The first kappa shape index (κ1) is 13.9. The van der Waals surface area contributed by atoms with Crippen molar-refractivity contribution in [3.05, 3.63) is 65.0 Å². The number of halogens is 3. The molecule has 0 aromatic heterocycles. The monoisotopic (exact) mass is 280 g/mol. The van der Waals surface area contributed by atoms with Gasteiger partial charge in [0.1, 0.15) is 17.5 Å².